The van der Waals surface area contributed by atoms with E-state index in [0.717, 1.165) is 42.6 Å². The molecule has 2 saturated heterocycles. The molecule has 2 aliphatic rings. The van der Waals surface area contributed by atoms with E-state index in [4.69, 9.17) is 0 Å². The number of carbonyl (C=O) groups excluding carboxylic acids is 1. The van der Waals surface area contributed by atoms with Crippen LogP contribution < -0.4 is 0 Å². The number of amides is 1. The van der Waals surface area contributed by atoms with Crippen molar-refractivity contribution in [3.8, 4) is 0 Å². The van der Waals surface area contributed by atoms with E-state index in [-0.39, 0.29) is 18.4 Å². The highest BCUT2D eigenvalue weighted by molar-refractivity contribution is 5.98. The summed E-state index contributed by atoms with van der Waals surface area (Å²) in [6, 6.07) is 7.83. The molecule has 5 nitrogen and oxygen atoms in total. The third-order valence-corrected chi connectivity index (χ3v) is 5.59. The zero-order chi connectivity index (χ0) is 16.5. The highest BCUT2D eigenvalue weighted by Crippen LogP contribution is 2.27. The molecule has 1 aromatic carbocycles. The lowest BCUT2D eigenvalue weighted by Crippen LogP contribution is -2.32. The number of hydrogen-bond donors (Lipinski definition) is 2. The lowest BCUT2D eigenvalue weighted by Gasteiger charge is -2.22. The van der Waals surface area contributed by atoms with Crippen molar-refractivity contribution in [2.75, 3.05) is 39.3 Å². The Kier molecular flexibility index (Phi) is 4.29. The number of carbonyl (C=O) groups is 1. The summed E-state index contributed by atoms with van der Waals surface area (Å²) in [5.41, 5.74) is 1.72. The fraction of sp³-hybridized carbons (Fsp3) is 0.526. The van der Waals surface area contributed by atoms with Crippen molar-refractivity contribution in [3.05, 3.63) is 36.0 Å². The number of benzene rings is 1. The zero-order valence-corrected chi connectivity index (χ0v) is 13.9. The molecule has 1 amide bonds. The molecule has 2 fully saturated rings. The Bertz CT molecular complexity index is 720. The second-order valence-corrected chi connectivity index (χ2v) is 7.20. The molecule has 128 valence electrons. The van der Waals surface area contributed by atoms with Gasteiger partial charge in [-0.25, -0.2) is 0 Å². The van der Waals surface area contributed by atoms with Gasteiger partial charge in [-0.15, -0.1) is 0 Å². The van der Waals surface area contributed by atoms with Crippen molar-refractivity contribution in [2.45, 2.75) is 12.8 Å². The summed E-state index contributed by atoms with van der Waals surface area (Å²) in [7, 11) is 0. The Morgan fingerprint density at radius 1 is 1.17 bits per heavy atom. The van der Waals surface area contributed by atoms with Gasteiger partial charge in [0.1, 0.15) is 0 Å². The number of aliphatic hydroxyl groups is 1. The van der Waals surface area contributed by atoms with Crippen LogP contribution in [0.15, 0.2) is 30.5 Å². The van der Waals surface area contributed by atoms with Crippen molar-refractivity contribution in [1.29, 1.82) is 0 Å². The summed E-state index contributed by atoms with van der Waals surface area (Å²) in [6.07, 6.45) is 4.44. The minimum Gasteiger partial charge on any atom is -0.396 e. The van der Waals surface area contributed by atoms with Gasteiger partial charge in [-0.2, -0.15) is 0 Å². The third-order valence-electron chi connectivity index (χ3n) is 5.59. The van der Waals surface area contributed by atoms with Crippen LogP contribution in [0.5, 0.6) is 0 Å². The summed E-state index contributed by atoms with van der Waals surface area (Å²) < 4.78 is 0. The van der Waals surface area contributed by atoms with E-state index in [0.29, 0.717) is 12.5 Å². The SMILES string of the molecule is O=C(c1ccc2cc[nH]c2c1)N1C[C@@H](CO)[C@@H](CN2CCCC2)C1. The van der Waals surface area contributed by atoms with Gasteiger partial charge in [0.05, 0.1) is 0 Å². The molecule has 0 aliphatic carbocycles. The van der Waals surface area contributed by atoms with E-state index in [1.807, 2.05) is 35.4 Å². The van der Waals surface area contributed by atoms with Crippen molar-refractivity contribution in [3.63, 3.8) is 0 Å². The van der Waals surface area contributed by atoms with Crippen LogP contribution >= 0.6 is 0 Å². The second kappa shape index (κ2) is 6.57. The summed E-state index contributed by atoms with van der Waals surface area (Å²) in [6.45, 7) is 4.90. The first kappa shape index (κ1) is 15.7. The predicted molar refractivity (Wildman–Crippen MR) is 93.9 cm³/mol. The molecule has 3 heterocycles. The molecular formula is C19H25N3O2. The fourth-order valence-corrected chi connectivity index (χ4v) is 4.18. The Morgan fingerprint density at radius 2 is 1.96 bits per heavy atom. The first-order valence-electron chi connectivity index (χ1n) is 8.94. The fourth-order valence-electron chi connectivity index (χ4n) is 4.18. The molecule has 1 aromatic heterocycles. The number of H-pyrrole nitrogens is 1. The van der Waals surface area contributed by atoms with Crippen molar-refractivity contribution in [1.82, 2.24) is 14.8 Å². The molecule has 2 aromatic rings. The van der Waals surface area contributed by atoms with Crippen LogP contribution in [0.3, 0.4) is 0 Å². The maximum atomic E-state index is 12.9. The zero-order valence-electron chi connectivity index (χ0n) is 13.9. The normalized spacial score (nSPS) is 25.0. The van der Waals surface area contributed by atoms with Crippen molar-refractivity contribution in [2.24, 2.45) is 11.8 Å². The number of aromatic nitrogens is 1. The van der Waals surface area contributed by atoms with Gasteiger partial charge in [0.2, 0.25) is 0 Å². The average molecular weight is 327 g/mol. The van der Waals surface area contributed by atoms with Crippen LogP contribution in [0.4, 0.5) is 0 Å². The third kappa shape index (κ3) is 2.94. The van der Waals surface area contributed by atoms with Gasteiger partial charge in [0.15, 0.2) is 0 Å². The van der Waals surface area contributed by atoms with Crippen LogP contribution in [-0.2, 0) is 0 Å². The Hall–Kier alpha value is -1.85. The van der Waals surface area contributed by atoms with Crippen LogP contribution in [0, 0.1) is 11.8 Å². The largest absolute Gasteiger partial charge is 0.396 e. The number of aromatic amines is 1. The average Bonchev–Trinajstić information content (AvgIpc) is 3.34. The lowest BCUT2D eigenvalue weighted by atomic mass is 9.96. The first-order chi connectivity index (χ1) is 11.7. The summed E-state index contributed by atoms with van der Waals surface area (Å²) >= 11 is 0. The number of nitrogens with one attached hydrogen (secondary N) is 1. The highest BCUT2D eigenvalue weighted by Gasteiger charge is 2.36. The maximum Gasteiger partial charge on any atom is 0.253 e. The first-order valence-corrected chi connectivity index (χ1v) is 8.94. The minimum absolute atomic E-state index is 0.0777. The topological polar surface area (TPSA) is 59.6 Å². The Balaban J connectivity index is 1.47. The predicted octanol–water partition coefficient (Wildman–Crippen LogP) is 1.94. The quantitative estimate of drug-likeness (QED) is 0.902. The van der Waals surface area contributed by atoms with Gasteiger partial charge >= 0.3 is 0 Å². The molecule has 0 bridgehead atoms. The van der Waals surface area contributed by atoms with Crippen LogP contribution in [0.1, 0.15) is 23.2 Å². The highest BCUT2D eigenvalue weighted by atomic mass is 16.3. The number of nitrogens with zero attached hydrogens (tertiary/aromatic N) is 2. The molecule has 5 heteroatoms. The number of fused-ring (bicyclic) bond motifs is 1. The monoisotopic (exact) mass is 327 g/mol. The number of rotatable bonds is 4. The standard InChI is InChI=1S/C19H25N3O2/c23-13-17-12-22(11-16(17)10-21-7-1-2-8-21)19(24)15-4-3-14-5-6-20-18(14)9-15/h3-6,9,16-17,20,23H,1-2,7-8,10-13H2/t16-,17-/m0/s1. The van der Waals surface area contributed by atoms with Gasteiger partial charge < -0.3 is 19.9 Å². The molecule has 0 radical (unpaired) electrons. The van der Waals surface area contributed by atoms with E-state index in [1.165, 1.54) is 12.8 Å². The van der Waals surface area contributed by atoms with Gasteiger partial charge in [0, 0.05) is 49.4 Å². The Labute approximate surface area is 142 Å². The molecule has 2 N–H and O–H groups in total. The smallest absolute Gasteiger partial charge is 0.253 e. The molecule has 0 unspecified atom stereocenters. The van der Waals surface area contributed by atoms with Crippen molar-refractivity contribution < 1.29 is 9.90 Å². The molecule has 2 atom stereocenters. The van der Waals surface area contributed by atoms with Gasteiger partial charge in [-0.3, -0.25) is 4.79 Å². The van der Waals surface area contributed by atoms with Crippen LogP contribution in [0.25, 0.3) is 10.9 Å². The van der Waals surface area contributed by atoms with E-state index in [1.54, 1.807) is 0 Å². The molecule has 0 spiro atoms. The van der Waals surface area contributed by atoms with Gasteiger partial charge in [-0.05, 0) is 55.4 Å². The molecular weight excluding hydrogens is 302 g/mol. The molecule has 4 rings (SSSR count). The van der Waals surface area contributed by atoms with Crippen molar-refractivity contribution >= 4 is 16.8 Å². The number of aliphatic hydroxyl groups excluding tert-OH is 1. The number of likely N-dealkylation sites (tertiary alicyclic amines) is 2. The van der Waals surface area contributed by atoms with Gasteiger partial charge in [-0.1, -0.05) is 6.07 Å². The maximum absolute atomic E-state index is 12.9. The van der Waals surface area contributed by atoms with Gasteiger partial charge in [0.25, 0.3) is 5.91 Å². The van der Waals surface area contributed by atoms with Crippen LogP contribution in [-0.4, -0.2) is 65.1 Å². The van der Waals surface area contributed by atoms with E-state index >= 15 is 0 Å². The summed E-state index contributed by atoms with van der Waals surface area (Å²) in [4.78, 5) is 20.4. The lowest BCUT2D eigenvalue weighted by molar-refractivity contribution is 0.0779. The van der Waals surface area contributed by atoms with E-state index in [9.17, 15) is 9.90 Å². The summed E-state index contributed by atoms with van der Waals surface area (Å²) in [5, 5.41) is 10.9. The summed E-state index contributed by atoms with van der Waals surface area (Å²) in [5.74, 6) is 0.656. The molecule has 0 saturated carbocycles. The molecule has 24 heavy (non-hydrogen) atoms. The minimum atomic E-state index is 0.0777. The van der Waals surface area contributed by atoms with E-state index in [2.05, 4.69) is 9.88 Å². The number of hydrogen-bond acceptors (Lipinski definition) is 3. The second-order valence-electron chi connectivity index (χ2n) is 7.20. The van der Waals surface area contributed by atoms with E-state index < -0.39 is 0 Å². The van der Waals surface area contributed by atoms with Crippen LogP contribution in [0.2, 0.25) is 0 Å². The Morgan fingerprint density at radius 3 is 2.75 bits per heavy atom. The molecule has 2 aliphatic heterocycles.